The highest BCUT2D eigenvalue weighted by Gasteiger charge is 2.12. The maximum absolute atomic E-state index is 14.0. The van der Waals surface area contributed by atoms with Crippen LogP contribution in [-0.2, 0) is 0 Å². The van der Waals surface area contributed by atoms with E-state index >= 15 is 0 Å². The summed E-state index contributed by atoms with van der Waals surface area (Å²) in [7, 11) is 0. The van der Waals surface area contributed by atoms with Crippen molar-refractivity contribution in [1.82, 2.24) is 0 Å². The van der Waals surface area contributed by atoms with Gasteiger partial charge in [-0.05, 0) is 29.7 Å². The molecule has 3 aromatic rings. The van der Waals surface area contributed by atoms with Gasteiger partial charge in [0.25, 0.3) is 0 Å². The lowest BCUT2D eigenvalue weighted by Gasteiger charge is -2.06. The third-order valence-electron chi connectivity index (χ3n) is 3.86. The van der Waals surface area contributed by atoms with Gasteiger partial charge in [0.1, 0.15) is 5.82 Å². The van der Waals surface area contributed by atoms with Gasteiger partial charge in [0, 0.05) is 11.1 Å². The molecular weight excluding hydrogens is 309 g/mol. The molecule has 0 atom stereocenters. The average Bonchev–Trinajstić information content (AvgIpc) is 2.60. The van der Waals surface area contributed by atoms with Gasteiger partial charge in [0.2, 0.25) is 0 Å². The largest absolute Gasteiger partial charge is 0.206 e. The first kappa shape index (κ1) is 16.1. The Morgan fingerprint density at radius 1 is 0.708 bits per heavy atom. The molecule has 0 saturated heterocycles. The minimum Gasteiger partial charge on any atom is -0.206 e. The summed E-state index contributed by atoms with van der Waals surface area (Å²) >= 11 is 0. The summed E-state index contributed by atoms with van der Waals surface area (Å²) < 4.78 is 41.3. The van der Waals surface area contributed by atoms with Crippen LogP contribution < -0.4 is 0 Å². The van der Waals surface area contributed by atoms with Gasteiger partial charge in [-0.2, -0.15) is 0 Å². The minimum atomic E-state index is -0.843. The zero-order valence-corrected chi connectivity index (χ0v) is 13.1. The first-order valence-corrected chi connectivity index (χ1v) is 7.54. The predicted molar refractivity (Wildman–Crippen MR) is 91.9 cm³/mol. The lowest BCUT2D eigenvalue weighted by Crippen LogP contribution is -1.93. The second kappa shape index (κ2) is 6.75. The van der Waals surface area contributed by atoms with Gasteiger partial charge in [-0.1, -0.05) is 66.7 Å². The molecule has 0 aromatic heterocycles. The van der Waals surface area contributed by atoms with Gasteiger partial charge < -0.3 is 0 Å². The molecule has 24 heavy (non-hydrogen) atoms. The lowest BCUT2D eigenvalue weighted by atomic mass is 10.0. The van der Waals surface area contributed by atoms with Crippen LogP contribution in [0.3, 0.4) is 0 Å². The fourth-order valence-corrected chi connectivity index (χ4v) is 2.44. The standard InChI is InChI=1S/C21H15F3/c1-14-6-13-18(21(24)20(14)23)16-10-7-15(8-11-16)9-12-17-4-2-3-5-19(17)22/h2-13H,1H3. The van der Waals surface area contributed by atoms with Gasteiger partial charge in [-0.3, -0.25) is 0 Å². The van der Waals surface area contributed by atoms with Crippen LogP contribution >= 0.6 is 0 Å². The summed E-state index contributed by atoms with van der Waals surface area (Å²) in [5.41, 5.74) is 2.43. The molecular formula is C21H15F3. The summed E-state index contributed by atoms with van der Waals surface area (Å²) in [5, 5.41) is 0. The van der Waals surface area contributed by atoms with Crippen LogP contribution in [0, 0.1) is 24.4 Å². The van der Waals surface area contributed by atoms with Crippen molar-refractivity contribution in [2.24, 2.45) is 0 Å². The van der Waals surface area contributed by atoms with E-state index in [1.165, 1.54) is 13.0 Å². The molecule has 0 bridgehead atoms. The monoisotopic (exact) mass is 324 g/mol. The highest BCUT2D eigenvalue weighted by Crippen LogP contribution is 2.26. The van der Waals surface area contributed by atoms with E-state index in [2.05, 4.69) is 0 Å². The normalized spacial score (nSPS) is 11.2. The Labute approximate surface area is 138 Å². The van der Waals surface area contributed by atoms with E-state index in [0.717, 1.165) is 5.56 Å². The van der Waals surface area contributed by atoms with Crippen LogP contribution in [0.2, 0.25) is 0 Å². The molecule has 0 aliphatic heterocycles. The van der Waals surface area contributed by atoms with E-state index in [4.69, 9.17) is 0 Å². The molecule has 0 N–H and O–H groups in total. The Bertz CT molecular complexity index is 893. The number of halogens is 3. The molecule has 0 fully saturated rings. The number of benzene rings is 3. The Kier molecular flexibility index (Phi) is 4.52. The summed E-state index contributed by atoms with van der Waals surface area (Å²) in [6.45, 7) is 1.53. The van der Waals surface area contributed by atoms with Crippen LogP contribution in [0.25, 0.3) is 23.3 Å². The smallest absolute Gasteiger partial charge is 0.166 e. The molecule has 120 valence electrons. The molecule has 3 rings (SSSR count). The zero-order chi connectivity index (χ0) is 17.1. The molecule has 3 heteroatoms. The van der Waals surface area contributed by atoms with Gasteiger partial charge in [-0.15, -0.1) is 0 Å². The van der Waals surface area contributed by atoms with Crippen molar-refractivity contribution >= 4 is 12.2 Å². The van der Waals surface area contributed by atoms with Crippen molar-refractivity contribution in [3.63, 3.8) is 0 Å². The first-order chi connectivity index (χ1) is 11.6. The fraction of sp³-hybridized carbons (Fsp3) is 0.0476. The second-order valence-corrected chi connectivity index (χ2v) is 5.53. The van der Waals surface area contributed by atoms with Crippen molar-refractivity contribution in [3.05, 3.63) is 94.8 Å². The Balaban J connectivity index is 1.86. The summed E-state index contributed by atoms with van der Waals surface area (Å²) in [6, 6.07) is 16.6. The van der Waals surface area contributed by atoms with E-state index in [9.17, 15) is 13.2 Å². The third kappa shape index (κ3) is 3.25. The van der Waals surface area contributed by atoms with Crippen LogP contribution in [0.4, 0.5) is 13.2 Å². The predicted octanol–water partition coefficient (Wildman–Crippen LogP) is 6.25. The number of aryl methyl sites for hydroxylation is 1. The lowest BCUT2D eigenvalue weighted by molar-refractivity contribution is 0.505. The molecule has 0 aliphatic carbocycles. The average molecular weight is 324 g/mol. The third-order valence-corrected chi connectivity index (χ3v) is 3.86. The molecule has 0 saturated carbocycles. The zero-order valence-electron chi connectivity index (χ0n) is 13.1. The van der Waals surface area contributed by atoms with Crippen molar-refractivity contribution in [2.75, 3.05) is 0 Å². The summed E-state index contributed by atoms with van der Waals surface area (Å²) in [5.74, 6) is -1.96. The topological polar surface area (TPSA) is 0 Å². The minimum absolute atomic E-state index is 0.225. The SMILES string of the molecule is Cc1ccc(-c2ccc(C=Cc3ccccc3F)cc2)c(F)c1F. The number of hydrogen-bond donors (Lipinski definition) is 0. The Hall–Kier alpha value is -2.81. The van der Waals surface area contributed by atoms with E-state index in [0.29, 0.717) is 11.1 Å². The highest BCUT2D eigenvalue weighted by atomic mass is 19.2. The van der Waals surface area contributed by atoms with E-state index in [-0.39, 0.29) is 16.9 Å². The van der Waals surface area contributed by atoms with E-state index in [1.54, 1.807) is 66.7 Å². The van der Waals surface area contributed by atoms with Crippen LogP contribution in [0.1, 0.15) is 16.7 Å². The highest BCUT2D eigenvalue weighted by molar-refractivity contribution is 5.72. The van der Waals surface area contributed by atoms with Crippen molar-refractivity contribution in [2.45, 2.75) is 6.92 Å². The van der Waals surface area contributed by atoms with Gasteiger partial charge in [-0.25, -0.2) is 13.2 Å². The molecule has 0 spiro atoms. The first-order valence-electron chi connectivity index (χ1n) is 7.54. The maximum atomic E-state index is 14.0. The second-order valence-electron chi connectivity index (χ2n) is 5.53. The maximum Gasteiger partial charge on any atom is 0.166 e. The summed E-state index contributed by atoms with van der Waals surface area (Å²) in [4.78, 5) is 0. The molecule has 0 unspecified atom stereocenters. The fourth-order valence-electron chi connectivity index (χ4n) is 2.44. The van der Waals surface area contributed by atoms with Crippen molar-refractivity contribution in [3.8, 4) is 11.1 Å². The molecule has 0 amide bonds. The van der Waals surface area contributed by atoms with E-state index < -0.39 is 11.6 Å². The molecule has 3 aromatic carbocycles. The molecule has 0 heterocycles. The van der Waals surface area contributed by atoms with Gasteiger partial charge >= 0.3 is 0 Å². The Morgan fingerprint density at radius 3 is 2.12 bits per heavy atom. The molecule has 0 nitrogen and oxygen atoms in total. The Morgan fingerprint density at radius 2 is 1.42 bits per heavy atom. The van der Waals surface area contributed by atoms with Crippen molar-refractivity contribution < 1.29 is 13.2 Å². The molecule has 0 radical (unpaired) electrons. The summed E-state index contributed by atoms with van der Waals surface area (Å²) in [6.07, 6.45) is 3.45. The quantitative estimate of drug-likeness (QED) is 0.500. The van der Waals surface area contributed by atoms with Gasteiger partial charge in [0.05, 0.1) is 0 Å². The number of rotatable bonds is 3. The van der Waals surface area contributed by atoms with E-state index in [1.807, 2.05) is 0 Å². The van der Waals surface area contributed by atoms with Crippen LogP contribution in [-0.4, -0.2) is 0 Å². The van der Waals surface area contributed by atoms with Crippen LogP contribution in [0.5, 0.6) is 0 Å². The van der Waals surface area contributed by atoms with Gasteiger partial charge in [0.15, 0.2) is 11.6 Å². The molecule has 0 aliphatic rings. The number of hydrogen-bond acceptors (Lipinski definition) is 0. The van der Waals surface area contributed by atoms with Crippen LogP contribution in [0.15, 0.2) is 60.7 Å². The van der Waals surface area contributed by atoms with Crippen molar-refractivity contribution in [1.29, 1.82) is 0 Å².